The number of sulfonamides is 1. The summed E-state index contributed by atoms with van der Waals surface area (Å²) in [5, 5.41) is 7.02. The first-order valence-electron chi connectivity index (χ1n) is 7.86. The molecule has 1 fully saturated rings. The summed E-state index contributed by atoms with van der Waals surface area (Å²) in [6, 6.07) is 4.66. The highest BCUT2D eigenvalue weighted by Crippen LogP contribution is 2.31. The topological polar surface area (TPSA) is 84.1 Å². The number of nitrogens with one attached hydrogen (secondary N) is 2. The van der Waals surface area contributed by atoms with E-state index in [1.165, 1.54) is 12.5 Å². The van der Waals surface area contributed by atoms with Crippen molar-refractivity contribution in [3.05, 3.63) is 40.7 Å². The zero-order valence-corrected chi connectivity index (χ0v) is 15.0. The third-order valence-corrected chi connectivity index (χ3v) is 5.94. The van der Waals surface area contributed by atoms with E-state index < -0.39 is 10.0 Å². The molecule has 8 heteroatoms. The first kappa shape index (κ1) is 17.3. The number of aryl methyl sites for hydroxylation is 1. The Kier molecular flexibility index (Phi) is 5.12. The van der Waals surface area contributed by atoms with E-state index in [4.69, 9.17) is 16.3 Å². The maximum atomic E-state index is 12.7. The normalized spacial score (nSPS) is 15.2. The highest BCUT2D eigenvalue weighted by molar-refractivity contribution is 7.89. The number of aromatic amines is 1. The van der Waals surface area contributed by atoms with Crippen molar-refractivity contribution in [3.63, 3.8) is 0 Å². The third-order valence-electron chi connectivity index (χ3n) is 4.28. The Labute approximate surface area is 146 Å². The highest BCUT2D eigenvalue weighted by atomic mass is 35.5. The number of H-pyrrole nitrogens is 1. The minimum Gasteiger partial charge on any atom is -0.492 e. The first-order chi connectivity index (χ1) is 11.5. The molecule has 0 saturated heterocycles. The lowest BCUT2D eigenvalue weighted by Crippen LogP contribution is -2.25. The van der Waals surface area contributed by atoms with Gasteiger partial charge in [0.1, 0.15) is 10.6 Å². The molecule has 0 spiro atoms. The molecule has 2 N–H and O–H groups in total. The van der Waals surface area contributed by atoms with Crippen molar-refractivity contribution in [2.75, 3.05) is 6.61 Å². The van der Waals surface area contributed by atoms with Crippen molar-refractivity contribution < 1.29 is 13.2 Å². The van der Waals surface area contributed by atoms with Gasteiger partial charge in [0.05, 0.1) is 12.8 Å². The Morgan fingerprint density at radius 2 is 2.21 bits per heavy atom. The Hall–Kier alpha value is -1.57. The SMILES string of the molecule is Cc1[nH]ncc1CNS(=O)(=O)c1cc(Cl)ccc1OCC1CCC1. The second-order valence-electron chi connectivity index (χ2n) is 6.04. The number of hydrogen-bond acceptors (Lipinski definition) is 4. The van der Waals surface area contributed by atoms with Gasteiger partial charge in [0, 0.05) is 22.8 Å². The fourth-order valence-electron chi connectivity index (χ4n) is 2.48. The summed E-state index contributed by atoms with van der Waals surface area (Å²) in [6.45, 7) is 2.52. The molecule has 1 aromatic carbocycles. The average molecular weight is 370 g/mol. The fraction of sp³-hybridized carbons (Fsp3) is 0.438. The number of rotatable bonds is 7. The maximum absolute atomic E-state index is 12.7. The van der Waals surface area contributed by atoms with Gasteiger partial charge in [0.2, 0.25) is 10.0 Å². The lowest BCUT2D eigenvalue weighted by Gasteiger charge is -2.25. The molecule has 6 nitrogen and oxygen atoms in total. The van der Waals surface area contributed by atoms with E-state index in [0.29, 0.717) is 23.3 Å². The van der Waals surface area contributed by atoms with Crippen LogP contribution in [0.5, 0.6) is 5.75 Å². The van der Waals surface area contributed by atoms with Crippen molar-refractivity contribution in [3.8, 4) is 5.75 Å². The van der Waals surface area contributed by atoms with Crippen LogP contribution >= 0.6 is 11.6 Å². The molecule has 0 unspecified atom stereocenters. The number of benzene rings is 1. The molecule has 3 rings (SSSR count). The quantitative estimate of drug-likeness (QED) is 0.785. The highest BCUT2D eigenvalue weighted by Gasteiger charge is 2.23. The Bertz CT molecular complexity index is 816. The van der Waals surface area contributed by atoms with Crippen LogP contribution in [0.4, 0.5) is 0 Å². The molecule has 0 bridgehead atoms. The molecular weight excluding hydrogens is 350 g/mol. The van der Waals surface area contributed by atoms with E-state index in [-0.39, 0.29) is 11.4 Å². The average Bonchev–Trinajstić information content (AvgIpc) is 2.90. The molecule has 1 heterocycles. The third kappa shape index (κ3) is 3.91. The predicted octanol–water partition coefficient (Wildman–Crippen LogP) is 3.03. The van der Waals surface area contributed by atoms with Crippen LogP contribution < -0.4 is 9.46 Å². The van der Waals surface area contributed by atoms with Crippen LogP contribution in [0.1, 0.15) is 30.5 Å². The lowest BCUT2D eigenvalue weighted by atomic mass is 9.86. The van der Waals surface area contributed by atoms with Crippen molar-refractivity contribution >= 4 is 21.6 Å². The van der Waals surface area contributed by atoms with E-state index in [9.17, 15) is 8.42 Å². The lowest BCUT2D eigenvalue weighted by molar-refractivity contribution is 0.177. The van der Waals surface area contributed by atoms with Crippen LogP contribution in [0, 0.1) is 12.8 Å². The molecule has 24 heavy (non-hydrogen) atoms. The second-order valence-corrected chi connectivity index (χ2v) is 8.22. The summed E-state index contributed by atoms with van der Waals surface area (Å²) in [6.07, 6.45) is 5.08. The van der Waals surface area contributed by atoms with Gasteiger partial charge in [-0.25, -0.2) is 13.1 Å². The number of ether oxygens (including phenoxy) is 1. The van der Waals surface area contributed by atoms with Crippen LogP contribution in [0.25, 0.3) is 0 Å². The zero-order valence-electron chi connectivity index (χ0n) is 13.4. The van der Waals surface area contributed by atoms with Gasteiger partial charge in [0.15, 0.2) is 0 Å². The molecule has 0 amide bonds. The smallest absolute Gasteiger partial charge is 0.244 e. The summed E-state index contributed by atoms with van der Waals surface area (Å²) >= 11 is 5.99. The molecule has 1 aliphatic rings. The van der Waals surface area contributed by atoms with Crippen LogP contribution in [0.15, 0.2) is 29.3 Å². The van der Waals surface area contributed by atoms with E-state index in [0.717, 1.165) is 24.1 Å². The van der Waals surface area contributed by atoms with Crippen LogP contribution in [-0.4, -0.2) is 25.2 Å². The molecule has 1 aliphatic carbocycles. The number of hydrogen-bond donors (Lipinski definition) is 2. The molecule has 1 aromatic heterocycles. The van der Waals surface area contributed by atoms with E-state index in [2.05, 4.69) is 14.9 Å². The fourth-order valence-corrected chi connectivity index (χ4v) is 3.89. The molecule has 130 valence electrons. The molecule has 0 radical (unpaired) electrons. The summed E-state index contributed by atoms with van der Waals surface area (Å²) in [5.74, 6) is 0.848. The van der Waals surface area contributed by atoms with E-state index in [1.807, 2.05) is 6.92 Å². The van der Waals surface area contributed by atoms with Gasteiger partial charge in [-0.3, -0.25) is 5.10 Å². The Morgan fingerprint density at radius 3 is 2.83 bits per heavy atom. The van der Waals surface area contributed by atoms with Gasteiger partial charge in [-0.1, -0.05) is 18.0 Å². The van der Waals surface area contributed by atoms with Gasteiger partial charge in [0.25, 0.3) is 0 Å². The standard InChI is InChI=1S/C16H20ClN3O3S/c1-11-13(8-18-20-11)9-19-24(21,22)16-7-14(17)5-6-15(16)23-10-12-3-2-4-12/h5-8,12,19H,2-4,9-10H2,1H3,(H,18,20). The van der Waals surface area contributed by atoms with Crippen LogP contribution in [0.3, 0.4) is 0 Å². The van der Waals surface area contributed by atoms with Crippen LogP contribution in [0.2, 0.25) is 5.02 Å². The van der Waals surface area contributed by atoms with Crippen molar-refractivity contribution in [2.24, 2.45) is 5.92 Å². The minimum atomic E-state index is -3.74. The first-order valence-corrected chi connectivity index (χ1v) is 9.72. The molecule has 1 saturated carbocycles. The Balaban J connectivity index is 1.77. The number of halogens is 1. The second kappa shape index (κ2) is 7.13. The summed E-state index contributed by atoms with van der Waals surface area (Å²) < 4.78 is 33.6. The number of aromatic nitrogens is 2. The largest absolute Gasteiger partial charge is 0.492 e. The van der Waals surface area contributed by atoms with Crippen molar-refractivity contribution in [1.29, 1.82) is 0 Å². The number of nitrogens with zero attached hydrogens (tertiary/aromatic N) is 1. The van der Waals surface area contributed by atoms with Gasteiger partial charge < -0.3 is 4.74 Å². The van der Waals surface area contributed by atoms with Gasteiger partial charge in [-0.05, 0) is 43.9 Å². The summed E-state index contributed by atoms with van der Waals surface area (Å²) in [5.41, 5.74) is 1.61. The molecular formula is C16H20ClN3O3S. The summed E-state index contributed by atoms with van der Waals surface area (Å²) in [7, 11) is -3.74. The minimum absolute atomic E-state index is 0.0653. The van der Waals surface area contributed by atoms with Gasteiger partial charge in [-0.15, -0.1) is 0 Å². The van der Waals surface area contributed by atoms with Crippen LogP contribution in [-0.2, 0) is 16.6 Å². The summed E-state index contributed by atoms with van der Waals surface area (Å²) in [4.78, 5) is 0.0653. The van der Waals surface area contributed by atoms with Crippen molar-refractivity contribution in [2.45, 2.75) is 37.6 Å². The predicted molar refractivity (Wildman–Crippen MR) is 91.6 cm³/mol. The van der Waals surface area contributed by atoms with E-state index in [1.54, 1.807) is 18.3 Å². The van der Waals surface area contributed by atoms with Crippen molar-refractivity contribution in [1.82, 2.24) is 14.9 Å². The monoisotopic (exact) mass is 369 g/mol. The molecule has 0 atom stereocenters. The van der Waals surface area contributed by atoms with E-state index >= 15 is 0 Å². The Morgan fingerprint density at radius 1 is 1.42 bits per heavy atom. The molecule has 2 aromatic rings. The van der Waals surface area contributed by atoms with Gasteiger partial charge in [-0.2, -0.15) is 5.10 Å². The maximum Gasteiger partial charge on any atom is 0.244 e. The zero-order chi connectivity index (χ0) is 17.2. The van der Waals surface area contributed by atoms with Gasteiger partial charge >= 0.3 is 0 Å². The molecule has 0 aliphatic heterocycles.